The highest BCUT2D eigenvalue weighted by atomic mass is 16.6. The standard InChI is InChI=1S/C33H39NO6/c1-14(2)9-21-23-19(7)25(35)16(4)10-15(3)11-18(6)27-31(8)29(38)22-24-20(12-17(5)26(22)36)28(37)32(23,34-30(21)39)13-33(24,27)40-31/h10-12,14-15,19,21,23,27,36H,9,13H2,1-8H3,(H,34,39)/b16-10-,18-11-/t15-,19+,21+,23+,27-,31-,32-,33-/m0/s1. The summed E-state index contributed by atoms with van der Waals surface area (Å²) < 4.78 is 6.69. The fraction of sp³-hybridized carbons (Fsp3) is 0.576. The number of rotatable bonds is 2. The van der Waals surface area contributed by atoms with E-state index in [0.717, 1.165) is 5.57 Å². The van der Waals surface area contributed by atoms with Gasteiger partial charge in [-0.05, 0) is 63.2 Å². The van der Waals surface area contributed by atoms with E-state index in [2.05, 4.69) is 11.4 Å². The van der Waals surface area contributed by atoms with Gasteiger partial charge >= 0.3 is 0 Å². The van der Waals surface area contributed by atoms with Crippen molar-refractivity contribution in [3.8, 4) is 5.75 Å². The van der Waals surface area contributed by atoms with Crippen molar-refractivity contribution in [2.75, 3.05) is 0 Å². The highest BCUT2D eigenvalue weighted by molar-refractivity contribution is 6.17. The van der Waals surface area contributed by atoms with E-state index in [9.17, 15) is 24.3 Å². The third-order valence-electron chi connectivity index (χ3n) is 10.4. The lowest BCUT2D eigenvalue weighted by Gasteiger charge is -2.68. The molecule has 2 N–H and O–H groups in total. The number of benzene rings is 1. The first kappa shape index (κ1) is 27.1. The molecule has 0 radical (unpaired) electrons. The second kappa shape index (κ2) is 8.25. The Labute approximate surface area is 235 Å². The predicted molar refractivity (Wildman–Crippen MR) is 149 cm³/mol. The number of hydrogen-bond donors (Lipinski definition) is 2. The number of amides is 1. The topological polar surface area (TPSA) is 110 Å². The third kappa shape index (κ3) is 3.10. The lowest BCUT2D eigenvalue weighted by Crippen LogP contribution is -2.77. The summed E-state index contributed by atoms with van der Waals surface area (Å²) in [6, 6.07) is 1.64. The first-order valence-corrected chi connectivity index (χ1v) is 14.5. The molecule has 6 aliphatic rings. The molecular formula is C33H39NO6. The quantitative estimate of drug-likeness (QED) is 0.508. The summed E-state index contributed by atoms with van der Waals surface area (Å²) in [5.74, 6) is -3.07. The van der Waals surface area contributed by atoms with Gasteiger partial charge in [-0.1, -0.05) is 45.4 Å². The molecule has 8 atom stereocenters. The molecule has 7 nitrogen and oxygen atoms in total. The van der Waals surface area contributed by atoms with Crippen molar-refractivity contribution >= 4 is 23.3 Å². The number of ketones is 3. The molecule has 7 rings (SSSR count). The zero-order valence-electron chi connectivity index (χ0n) is 24.6. The molecule has 1 aromatic rings. The third-order valence-corrected chi connectivity index (χ3v) is 10.4. The zero-order chi connectivity index (χ0) is 29.3. The van der Waals surface area contributed by atoms with Crippen molar-refractivity contribution in [1.82, 2.24) is 5.32 Å². The van der Waals surface area contributed by atoms with E-state index >= 15 is 0 Å². The van der Waals surface area contributed by atoms with Gasteiger partial charge in [0.15, 0.2) is 17.3 Å². The first-order chi connectivity index (χ1) is 18.6. The molecule has 3 aliphatic carbocycles. The van der Waals surface area contributed by atoms with Crippen LogP contribution >= 0.6 is 0 Å². The molecule has 3 bridgehead atoms. The maximum absolute atomic E-state index is 14.8. The van der Waals surface area contributed by atoms with Gasteiger partial charge < -0.3 is 15.2 Å². The fourth-order valence-electron chi connectivity index (χ4n) is 9.28. The lowest BCUT2D eigenvalue weighted by molar-refractivity contribution is -0.303. The van der Waals surface area contributed by atoms with E-state index in [4.69, 9.17) is 4.74 Å². The SMILES string of the molecule is C/C1=C/[C@H](C)/C=C(/C)[C@@H]2[C@]34C[C@@]5(NC(=O)[C@H](CC(C)C)[C@H]5[C@@H](C)C1=O)C(=O)c1cc(C)c(O)c(c13)C(=O)[C@@]2(C)O4. The number of carbonyl (C=O) groups excluding carboxylic acids is 4. The maximum atomic E-state index is 14.8. The number of aryl methyl sites for hydroxylation is 1. The number of phenolic OH excluding ortho intramolecular Hbond substituents is 1. The largest absolute Gasteiger partial charge is 0.507 e. The Morgan fingerprint density at radius 3 is 2.40 bits per heavy atom. The number of carbonyl (C=O) groups is 4. The van der Waals surface area contributed by atoms with Crippen molar-refractivity contribution in [3.05, 3.63) is 51.6 Å². The summed E-state index contributed by atoms with van der Waals surface area (Å²) in [5.41, 5.74) is -0.848. The Balaban J connectivity index is 1.72. The van der Waals surface area contributed by atoms with Gasteiger partial charge in [-0.15, -0.1) is 0 Å². The molecule has 0 saturated carbocycles. The lowest BCUT2D eigenvalue weighted by atomic mass is 9.47. The Bertz CT molecular complexity index is 1480. The number of hydrogen-bond acceptors (Lipinski definition) is 6. The van der Waals surface area contributed by atoms with Crippen LogP contribution in [0.5, 0.6) is 5.75 Å². The Kier molecular flexibility index (Phi) is 5.59. The zero-order valence-corrected chi connectivity index (χ0v) is 24.6. The van der Waals surface area contributed by atoms with Crippen LogP contribution in [0.25, 0.3) is 0 Å². The van der Waals surface area contributed by atoms with Gasteiger partial charge in [0.1, 0.15) is 22.5 Å². The van der Waals surface area contributed by atoms with Crippen molar-refractivity contribution < 1.29 is 29.0 Å². The smallest absolute Gasteiger partial charge is 0.224 e. The van der Waals surface area contributed by atoms with Crippen LogP contribution < -0.4 is 5.32 Å². The summed E-state index contributed by atoms with van der Waals surface area (Å²) >= 11 is 0. The van der Waals surface area contributed by atoms with E-state index in [1.165, 1.54) is 0 Å². The number of allylic oxidation sites excluding steroid dienone is 3. The summed E-state index contributed by atoms with van der Waals surface area (Å²) in [6.07, 6.45) is 4.65. The van der Waals surface area contributed by atoms with Crippen LogP contribution in [-0.2, 0) is 19.9 Å². The van der Waals surface area contributed by atoms with Crippen LogP contribution in [0.1, 0.15) is 93.2 Å². The number of nitrogens with one attached hydrogen (secondary N) is 1. The normalized spacial score (nSPS) is 42.6. The van der Waals surface area contributed by atoms with Crippen molar-refractivity contribution in [3.63, 3.8) is 0 Å². The maximum Gasteiger partial charge on any atom is 0.224 e. The molecule has 7 heteroatoms. The molecule has 212 valence electrons. The highest BCUT2D eigenvalue weighted by Gasteiger charge is 2.78. The van der Waals surface area contributed by atoms with Crippen LogP contribution in [0.15, 0.2) is 29.4 Å². The van der Waals surface area contributed by atoms with Gasteiger partial charge in [0.25, 0.3) is 0 Å². The van der Waals surface area contributed by atoms with E-state index in [0.29, 0.717) is 28.7 Å². The van der Waals surface area contributed by atoms with Gasteiger partial charge in [0, 0.05) is 41.2 Å². The van der Waals surface area contributed by atoms with Gasteiger partial charge in [-0.3, -0.25) is 19.2 Å². The molecule has 3 heterocycles. The second-order valence-electron chi connectivity index (χ2n) is 13.7. The molecule has 0 aromatic heterocycles. The summed E-state index contributed by atoms with van der Waals surface area (Å²) in [7, 11) is 0. The van der Waals surface area contributed by atoms with E-state index < -0.39 is 40.4 Å². The Morgan fingerprint density at radius 1 is 1.07 bits per heavy atom. The molecule has 3 aliphatic heterocycles. The van der Waals surface area contributed by atoms with E-state index in [-0.39, 0.29) is 52.8 Å². The fourth-order valence-corrected chi connectivity index (χ4v) is 9.28. The summed E-state index contributed by atoms with van der Waals surface area (Å²) in [5, 5.41) is 14.3. The molecule has 2 spiro atoms. The predicted octanol–water partition coefficient (Wildman–Crippen LogP) is 4.98. The van der Waals surface area contributed by atoms with Crippen LogP contribution in [0.4, 0.5) is 0 Å². The van der Waals surface area contributed by atoms with Crippen molar-refractivity contribution in [2.24, 2.45) is 35.5 Å². The van der Waals surface area contributed by atoms with Gasteiger partial charge in [-0.2, -0.15) is 0 Å². The molecule has 1 amide bonds. The minimum atomic E-state index is -1.38. The number of aromatic hydroxyl groups is 1. The number of ether oxygens (including phenoxy) is 1. The van der Waals surface area contributed by atoms with Crippen LogP contribution in [0, 0.1) is 42.4 Å². The molecular weight excluding hydrogens is 506 g/mol. The van der Waals surface area contributed by atoms with Crippen LogP contribution in [0.3, 0.4) is 0 Å². The first-order valence-electron chi connectivity index (χ1n) is 14.5. The second-order valence-corrected chi connectivity index (χ2v) is 13.7. The molecule has 0 unspecified atom stereocenters. The van der Waals surface area contributed by atoms with Gasteiger partial charge in [0.05, 0.1) is 5.56 Å². The van der Waals surface area contributed by atoms with Crippen molar-refractivity contribution in [2.45, 2.75) is 85.0 Å². The molecule has 40 heavy (non-hydrogen) atoms. The van der Waals surface area contributed by atoms with Crippen LogP contribution in [0.2, 0.25) is 0 Å². The minimum absolute atomic E-state index is 0.0680. The Morgan fingerprint density at radius 2 is 1.75 bits per heavy atom. The monoisotopic (exact) mass is 545 g/mol. The minimum Gasteiger partial charge on any atom is -0.507 e. The average Bonchev–Trinajstić information content (AvgIpc) is 3.10. The average molecular weight is 546 g/mol. The van der Waals surface area contributed by atoms with Gasteiger partial charge in [0.2, 0.25) is 5.91 Å². The van der Waals surface area contributed by atoms with E-state index in [1.807, 2.05) is 47.6 Å². The summed E-state index contributed by atoms with van der Waals surface area (Å²) in [4.78, 5) is 56.5. The van der Waals surface area contributed by atoms with E-state index in [1.54, 1.807) is 19.9 Å². The number of phenols is 1. The van der Waals surface area contributed by atoms with Crippen LogP contribution in [-0.4, -0.2) is 39.5 Å². The molecule has 2 saturated heterocycles. The van der Waals surface area contributed by atoms with Gasteiger partial charge in [-0.25, -0.2) is 0 Å². The summed E-state index contributed by atoms with van der Waals surface area (Å²) in [6.45, 7) is 15.2. The molecule has 2 fully saturated rings. The Hall–Kier alpha value is -3.06. The molecule has 1 aromatic carbocycles. The highest BCUT2D eigenvalue weighted by Crippen LogP contribution is 2.70. The van der Waals surface area contributed by atoms with Crippen molar-refractivity contribution in [1.29, 1.82) is 0 Å². The number of Topliss-reactive ketones (excluding diaryl/α,β-unsaturated/α-hetero) is 3.